The second kappa shape index (κ2) is 6.28. The topological polar surface area (TPSA) is 32.3 Å². The molecule has 0 aliphatic carbocycles. The molecule has 88 valence electrons. The van der Waals surface area contributed by atoms with Crippen LogP contribution in [-0.2, 0) is 11.3 Å². The standard InChI is InChI=1S/C13H20N2O/c1-11-4-6-12(7-5-11)10-14-13(16)8-9-15(2)3/h4-7H,8-10H2,1-3H3,(H,14,16). The van der Waals surface area contributed by atoms with Gasteiger partial charge in [0, 0.05) is 19.5 Å². The molecule has 0 atom stereocenters. The number of nitrogens with zero attached hydrogens (tertiary/aromatic N) is 1. The van der Waals surface area contributed by atoms with Crippen LogP contribution in [0.4, 0.5) is 0 Å². The fourth-order valence-corrected chi connectivity index (χ4v) is 1.32. The first kappa shape index (κ1) is 12.7. The van der Waals surface area contributed by atoms with E-state index in [9.17, 15) is 4.79 Å². The zero-order valence-electron chi connectivity index (χ0n) is 10.3. The van der Waals surface area contributed by atoms with Gasteiger partial charge in [-0.15, -0.1) is 0 Å². The first-order valence-electron chi connectivity index (χ1n) is 5.55. The van der Waals surface area contributed by atoms with Crippen molar-refractivity contribution in [2.45, 2.75) is 19.9 Å². The third-order valence-corrected chi connectivity index (χ3v) is 2.40. The van der Waals surface area contributed by atoms with E-state index in [1.807, 2.05) is 31.1 Å². The highest BCUT2D eigenvalue weighted by atomic mass is 16.1. The molecule has 0 unspecified atom stereocenters. The van der Waals surface area contributed by atoms with E-state index >= 15 is 0 Å². The number of carbonyl (C=O) groups excluding carboxylic acids is 1. The Labute approximate surface area is 97.5 Å². The summed E-state index contributed by atoms with van der Waals surface area (Å²) in [5.41, 5.74) is 2.38. The molecule has 0 saturated heterocycles. The molecule has 0 aromatic heterocycles. The number of aryl methyl sites for hydroxylation is 1. The van der Waals surface area contributed by atoms with E-state index in [4.69, 9.17) is 0 Å². The Morgan fingerprint density at radius 1 is 1.25 bits per heavy atom. The van der Waals surface area contributed by atoms with E-state index in [-0.39, 0.29) is 5.91 Å². The lowest BCUT2D eigenvalue weighted by Crippen LogP contribution is -2.26. The summed E-state index contributed by atoms with van der Waals surface area (Å²) in [5.74, 6) is 0.106. The number of benzene rings is 1. The lowest BCUT2D eigenvalue weighted by molar-refractivity contribution is -0.121. The van der Waals surface area contributed by atoms with Gasteiger partial charge < -0.3 is 10.2 Å². The van der Waals surface area contributed by atoms with Crippen molar-refractivity contribution in [3.8, 4) is 0 Å². The number of hydrogen-bond donors (Lipinski definition) is 1. The van der Waals surface area contributed by atoms with Crippen LogP contribution in [0.25, 0.3) is 0 Å². The van der Waals surface area contributed by atoms with E-state index in [1.165, 1.54) is 5.56 Å². The van der Waals surface area contributed by atoms with Crippen molar-refractivity contribution in [1.82, 2.24) is 10.2 Å². The number of nitrogens with one attached hydrogen (secondary N) is 1. The van der Waals surface area contributed by atoms with Crippen LogP contribution in [0.3, 0.4) is 0 Å². The zero-order valence-corrected chi connectivity index (χ0v) is 10.3. The fraction of sp³-hybridized carbons (Fsp3) is 0.462. The Balaban J connectivity index is 2.29. The molecule has 3 nitrogen and oxygen atoms in total. The molecule has 0 heterocycles. The quantitative estimate of drug-likeness (QED) is 0.817. The summed E-state index contributed by atoms with van der Waals surface area (Å²) in [7, 11) is 3.93. The monoisotopic (exact) mass is 220 g/mol. The molecule has 0 bridgehead atoms. The molecular weight excluding hydrogens is 200 g/mol. The van der Waals surface area contributed by atoms with Crippen molar-refractivity contribution in [3.05, 3.63) is 35.4 Å². The van der Waals surface area contributed by atoms with Crippen LogP contribution in [0.15, 0.2) is 24.3 Å². The molecule has 0 aliphatic heterocycles. The minimum atomic E-state index is 0.106. The molecule has 0 saturated carbocycles. The molecule has 1 N–H and O–H groups in total. The maximum atomic E-state index is 11.4. The SMILES string of the molecule is Cc1ccc(CNC(=O)CCN(C)C)cc1. The summed E-state index contributed by atoms with van der Waals surface area (Å²) >= 11 is 0. The maximum Gasteiger partial charge on any atom is 0.221 e. The smallest absolute Gasteiger partial charge is 0.221 e. The van der Waals surface area contributed by atoms with Gasteiger partial charge in [0.1, 0.15) is 0 Å². The van der Waals surface area contributed by atoms with E-state index in [0.717, 1.165) is 12.1 Å². The van der Waals surface area contributed by atoms with E-state index in [2.05, 4.69) is 24.4 Å². The minimum absolute atomic E-state index is 0.106. The highest BCUT2D eigenvalue weighted by molar-refractivity contribution is 5.76. The van der Waals surface area contributed by atoms with Crippen LogP contribution in [-0.4, -0.2) is 31.4 Å². The zero-order chi connectivity index (χ0) is 12.0. The molecule has 3 heteroatoms. The van der Waals surface area contributed by atoms with Crippen molar-refractivity contribution in [2.24, 2.45) is 0 Å². The van der Waals surface area contributed by atoms with Crippen molar-refractivity contribution in [2.75, 3.05) is 20.6 Å². The molecule has 1 aromatic carbocycles. The molecule has 1 rings (SSSR count). The predicted octanol–water partition coefficient (Wildman–Crippen LogP) is 1.56. The van der Waals surface area contributed by atoms with Gasteiger partial charge in [-0.25, -0.2) is 0 Å². The average Bonchev–Trinajstić information content (AvgIpc) is 2.25. The van der Waals surface area contributed by atoms with Gasteiger partial charge in [0.25, 0.3) is 0 Å². The number of rotatable bonds is 5. The Kier molecular flexibility index (Phi) is 4.99. The van der Waals surface area contributed by atoms with Gasteiger partial charge in [0.05, 0.1) is 0 Å². The number of amides is 1. The van der Waals surface area contributed by atoms with Gasteiger partial charge in [-0.3, -0.25) is 4.79 Å². The Morgan fingerprint density at radius 3 is 2.44 bits per heavy atom. The fourth-order valence-electron chi connectivity index (χ4n) is 1.32. The van der Waals surface area contributed by atoms with Crippen molar-refractivity contribution >= 4 is 5.91 Å². The van der Waals surface area contributed by atoms with Crippen LogP contribution in [0, 0.1) is 6.92 Å². The molecule has 0 fully saturated rings. The summed E-state index contributed by atoms with van der Waals surface area (Å²) < 4.78 is 0. The molecular formula is C13H20N2O. The van der Waals surface area contributed by atoms with Gasteiger partial charge in [-0.1, -0.05) is 29.8 Å². The Bertz CT molecular complexity index is 330. The van der Waals surface area contributed by atoms with Crippen LogP contribution in [0.5, 0.6) is 0 Å². The first-order chi connectivity index (χ1) is 7.58. The third-order valence-electron chi connectivity index (χ3n) is 2.40. The Hall–Kier alpha value is -1.35. The van der Waals surface area contributed by atoms with Gasteiger partial charge >= 0.3 is 0 Å². The van der Waals surface area contributed by atoms with Crippen molar-refractivity contribution < 1.29 is 4.79 Å². The van der Waals surface area contributed by atoms with E-state index in [1.54, 1.807) is 0 Å². The van der Waals surface area contributed by atoms with E-state index in [0.29, 0.717) is 13.0 Å². The largest absolute Gasteiger partial charge is 0.352 e. The summed E-state index contributed by atoms with van der Waals surface area (Å²) in [6, 6.07) is 8.20. The van der Waals surface area contributed by atoms with Gasteiger partial charge in [0.15, 0.2) is 0 Å². The van der Waals surface area contributed by atoms with Gasteiger partial charge in [-0.2, -0.15) is 0 Å². The van der Waals surface area contributed by atoms with Gasteiger partial charge in [0.2, 0.25) is 5.91 Å². The molecule has 0 spiro atoms. The molecule has 1 aromatic rings. The van der Waals surface area contributed by atoms with E-state index < -0.39 is 0 Å². The Morgan fingerprint density at radius 2 is 1.88 bits per heavy atom. The summed E-state index contributed by atoms with van der Waals surface area (Å²) in [6.45, 7) is 3.46. The maximum absolute atomic E-state index is 11.4. The molecule has 0 aliphatic rings. The lowest BCUT2D eigenvalue weighted by Gasteiger charge is -2.09. The van der Waals surface area contributed by atoms with Crippen LogP contribution < -0.4 is 5.32 Å². The summed E-state index contributed by atoms with van der Waals surface area (Å²) in [5, 5.41) is 2.91. The van der Waals surface area contributed by atoms with Gasteiger partial charge in [-0.05, 0) is 26.6 Å². The minimum Gasteiger partial charge on any atom is -0.352 e. The second-order valence-electron chi connectivity index (χ2n) is 4.32. The highest BCUT2D eigenvalue weighted by Crippen LogP contribution is 2.02. The average molecular weight is 220 g/mol. The lowest BCUT2D eigenvalue weighted by atomic mass is 10.1. The predicted molar refractivity (Wildman–Crippen MR) is 66.2 cm³/mol. The summed E-state index contributed by atoms with van der Waals surface area (Å²) in [4.78, 5) is 13.5. The highest BCUT2D eigenvalue weighted by Gasteiger charge is 2.01. The third kappa shape index (κ3) is 4.94. The van der Waals surface area contributed by atoms with Crippen molar-refractivity contribution in [1.29, 1.82) is 0 Å². The first-order valence-corrected chi connectivity index (χ1v) is 5.55. The van der Waals surface area contributed by atoms with Crippen molar-refractivity contribution in [3.63, 3.8) is 0 Å². The molecule has 1 amide bonds. The molecule has 16 heavy (non-hydrogen) atoms. The van der Waals surface area contributed by atoms with Crippen LogP contribution in [0.1, 0.15) is 17.5 Å². The normalized spacial score (nSPS) is 10.5. The van der Waals surface area contributed by atoms with Crippen LogP contribution >= 0.6 is 0 Å². The summed E-state index contributed by atoms with van der Waals surface area (Å²) in [6.07, 6.45) is 0.554. The molecule has 0 radical (unpaired) electrons. The second-order valence-corrected chi connectivity index (χ2v) is 4.32. The number of carbonyl (C=O) groups is 1. The van der Waals surface area contributed by atoms with Crippen LogP contribution in [0.2, 0.25) is 0 Å². The number of hydrogen-bond acceptors (Lipinski definition) is 2.